The lowest BCUT2D eigenvalue weighted by atomic mass is 10.1. The molecule has 0 radical (unpaired) electrons. The Labute approximate surface area is 94.2 Å². The largest absolute Gasteiger partial charge is 0.421 e. The van der Waals surface area contributed by atoms with Crippen molar-refractivity contribution < 1.29 is 19.1 Å². The molecule has 0 unspecified atom stereocenters. The van der Waals surface area contributed by atoms with Crippen molar-refractivity contribution in [3.8, 4) is 0 Å². The number of hydrogen-bond donors (Lipinski definition) is 0. The van der Waals surface area contributed by atoms with Crippen molar-refractivity contribution in [1.29, 1.82) is 0 Å². The molecule has 0 atom stereocenters. The zero-order valence-electron chi connectivity index (χ0n) is 9.52. The summed E-state index contributed by atoms with van der Waals surface area (Å²) in [6.45, 7) is 4.45. The van der Waals surface area contributed by atoms with Crippen molar-refractivity contribution in [3.05, 3.63) is 35.4 Å². The van der Waals surface area contributed by atoms with Crippen molar-refractivity contribution in [2.75, 3.05) is 0 Å². The van der Waals surface area contributed by atoms with Crippen LogP contribution in [0.4, 0.5) is 0 Å². The lowest BCUT2D eigenvalue weighted by molar-refractivity contribution is -0.186. The lowest BCUT2D eigenvalue weighted by Gasteiger charge is -2.17. The zero-order valence-corrected chi connectivity index (χ0v) is 9.52. The summed E-state index contributed by atoms with van der Waals surface area (Å²) in [5.41, 5.74) is 1.65. The Hall–Kier alpha value is -1.84. The van der Waals surface area contributed by atoms with Crippen LogP contribution in [-0.2, 0) is 19.1 Å². The zero-order chi connectivity index (χ0) is 12.1. The lowest BCUT2D eigenvalue weighted by Crippen LogP contribution is -2.15. The van der Waals surface area contributed by atoms with Gasteiger partial charge in [0.1, 0.15) is 0 Å². The molecule has 0 bridgehead atoms. The molecule has 0 aliphatic rings. The molecular formula is C12H14O4. The average molecular weight is 222 g/mol. The molecule has 0 amide bonds. The van der Waals surface area contributed by atoms with Gasteiger partial charge in [0.2, 0.25) is 0 Å². The standard InChI is InChI=1S/C12H14O4/c1-8-5-4-6-11(7-8)12(15-9(2)13)16-10(3)14/h4-7,12H,1-3H3. The first kappa shape index (κ1) is 12.2. The molecule has 0 heterocycles. The van der Waals surface area contributed by atoms with Gasteiger partial charge in [-0.1, -0.05) is 23.8 Å². The Morgan fingerprint density at radius 2 is 1.69 bits per heavy atom. The molecule has 0 aromatic heterocycles. The minimum atomic E-state index is -0.963. The Morgan fingerprint density at radius 1 is 1.12 bits per heavy atom. The molecule has 16 heavy (non-hydrogen) atoms. The van der Waals surface area contributed by atoms with Gasteiger partial charge in [0.25, 0.3) is 6.29 Å². The predicted octanol–water partition coefficient (Wildman–Crippen LogP) is 2.12. The molecule has 0 aliphatic carbocycles. The van der Waals surface area contributed by atoms with Crippen LogP contribution < -0.4 is 0 Å². The highest BCUT2D eigenvalue weighted by atomic mass is 16.7. The van der Waals surface area contributed by atoms with Gasteiger partial charge >= 0.3 is 11.9 Å². The maximum Gasteiger partial charge on any atom is 0.305 e. The van der Waals surface area contributed by atoms with Crippen LogP contribution in [0.2, 0.25) is 0 Å². The van der Waals surface area contributed by atoms with E-state index in [1.165, 1.54) is 13.8 Å². The van der Waals surface area contributed by atoms with E-state index < -0.39 is 18.2 Å². The summed E-state index contributed by atoms with van der Waals surface area (Å²) < 4.78 is 9.84. The normalized spacial score (nSPS) is 10.0. The van der Waals surface area contributed by atoms with E-state index >= 15 is 0 Å². The van der Waals surface area contributed by atoms with E-state index in [-0.39, 0.29) is 0 Å². The highest BCUT2D eigenvalue weighted by Gasteiger charge is 2.17. The predicted molar refractivity (Wildman–Crippen MR) is 57.5 cm³/mol. The van der Waals surface area contributed by atoms with Crippen molar-refractivity contribution in [3.63, 3.8) is 0 Å². The van der Waals surface area contributed by atoms with Gasteiger partial charge in [0.05, 0.1) is 0 Å². The Bertz CT molecular complexity index is 382. The van der Waals surface area contributed by atoms with Crippen LogP contribution in [0.3, 0.4) is 0 Å². The Morgan fingerprint density at radius 3 is 2.12 bits per heavy atom. The molecule has 4 nitrogen and oxygen atoms in total. The molecule has 0 saturated heterocycles. The van der Waals surface area contributed by atoms with Crippen LogP contribution in [0.1, 0.15) is 31.3 Å². The summed E-state index contributed by atoms with van der Waals surface area (Å²) >= 11 is 0. The van der Waals surface area contributed by atoms with E-state index in [0.717, 1.165) is 5.56 Å². The van der Waals surface area contributed by atoms with Gasteiger partial charge in [-0.15, -0.1) is 0 Å². The van der Waals surface area contributed by atoms with E-state index in [0.29, 0.717) is 5.56 Å². The first-order chi connectivity index (χ1) is 7.49. The molecule has 4 heteroatoms. The fourth-order valence-electron chi connectivity index (χ4n) is 1.28. The summed E-state index contributed by atoms with van der Waals surface area (Å²) in [6, 6.07) is 7.26. The fourth-order valence-corrected chi connectivity index (χ4v) is 1.28. The highest BCUT2D eigenvalue weighted by Crippen LogP contribution is 2.20. The summed E-state index contributed by atoms with van der Waals surface area (Å²) in [4.78, 5) is 21.8. The van der Waals surface area contributed by atoms with Crippen molar-refractivity contribution in [2.45, 2.75) is 27.1 Å². The van der Waals surface area contributed by atoms with Gasteiger partial charge in [-0.05, 0) is 13.0 Å². The molecule has 1 rings (SSSR count). The third-order valence-corrected chi connectivity index (χ3v) is 1.86. The minimum absolute atomic E-state index is 0.493. The first-order valence-corrected chi connectivity index (χ1v) is 4.90. The second-order valence-electron chi connectivity index (χ2n) is 3.46. The van der Waals surface area contributed by atoms with Gasteiger partial charge in [-0.3, -0.25) is 9.59 Å². The van der Waals surface area contributed by atoms with Crippen LogP contribution in [0.15, 0.2) is 24.3 Å². The highest BCUT2D eigenvalue weighted by molar-refractivity contribution is 5.68. The molecule has 0 fully saturated rings. The summed E-state index contributed by atoms with van der Waals surface area (Å²) in [7, 11) is 0. The van der Waals surface area contributed by atoms with Gasteiger partial charge < -0.3 is 9.47 Å². The molecule has 1 aromatic carbocycles. The number of carbonyl (C=O) groups is 2. The smallest absolute Gasteiger partial charge is 0.305 e. The van der Waals surface area contributed by atoms with E-state index in [9.17, 15) is 9.59 Å². The van der Waals surface area contributed by atoms with E-state index in [4.69, 9.17) is 9.47 Å². The summed E-state index contributed by atoms with van der Waals surface area (Å²) in [5.74, 6) is -0.986. The quantitative estimate of drug-likeness (QED) is 0.580. The number of rotatable bonds is 3. The molecular weight excluding hydrogens is 208 g/mol. The number of aryl methyl sites for hydroxylation is 1. The number of ether oxygens (including phenoxy) is 2. The van der Waals surface area contributed by atoms with E-state index in [1.54, 1.807) is 12.1 Å². The molecule has 1 aromatic rings. The molecule has 0 N–H and O–H groups in total. The maximum atomic E-state index is 10.9. The van der Waals surface area contributed by atoms with Gasteiger partial charge in [0.15, 0.2) is 0 Å². The van der Waals surface area contributed by atoms with Gasteiger partial charge in [-0.2, -0.15) is 0 Å². The Kier molecular flexibility index (Phi) is 4.05. The monoisotopic (exact) mass is 222 g/mol. The Balaban J connectivity index is 2.90. The van der Waals surface area contributed by atoms with E-state index in [2.05, 4.69) is 0 Å². The topological polar surface area (TPSA) is 52.6 Å². The van der Waals surface area contributed by atoms with E-state index in [1.807, 2.05) is 19.1 Å². The van der Waals surface area contributed by atoms with Crippen LogP contribution in [0.5, 0.6) is 0 Å². The third kappa shape index (κ3) is 3.73. The summed E-state index contributed by atoms with van der Waals surface area (Å²) in [6.07, 6.45) is -0.963. The van der Waals surface area contributed by atoms with Gasteiger partial charge in [0, 0.05) is 19.4 Å². The van der Waals surface area contributed by atoms with Crippen molar-refractivity contribution in [1.82, 2.24) is 0 Å². The molecule has 0 aliphatic heterocycles. The summed E-state index contributed by atoms with van der Waals surface area (Å²) in [5, 5.41) is 0. The van der Waals surface area contributed by atoms with Crippen molar-refractivity contribution >= 4 is 11.9 Å². The maximum absolute atomic E-state index is 10.9. The number of carbonyl (C=O) groups excluding carboxylic acids is 2. The van der Waals surface area contributed by atoms with Crippen LogP contribution >= 0.6 is 0 Å². The van der Waals surface area contributed by atoms with Crippen LogP contribution in [0, 0.1) is 6.92 Å². The number of hydrogen-bond acceptors (Lipinski definition) is 4. The third-order valence-electron chi connectivity index (χ3n) is 1.86. The molecule has 86 valence electrons. The van der Waals surface area contributed by atoms with Crippen LogP contribution in [0.25, 0.3) is 0 Å². The van der Waals surface area contributed by atoms with Crippen LogP contribution in [-0.4, -0.2) is 11.9 Å². The minimum Gasteiger partial charge on any atom is -0.421 e. The molecule has 0 saturated carbocycles. The number of esters is 2. The second-order valence-corrected chi connectivity index (χ2v) is 3.46. The molecule has 0 spiro atoms. The fraction of sp³-hybridized carbons (Fsp3) is 0.333. The second kappa shape index (κ2) is 5.30. The van der Waals surface area contributed by atoms with Crippen molar-refractivity contribution in [2.24, 2.45) is 0 Å². The SMILES string of the molecule is CC(=O)OC(OC(C)=O)c1cccc(C)c1. The van der Waals surface area contributed by atoms with Gasteiger partial charge in [-0.25, -0.2) is 0 Å². The number of benzene rings is 1. The average Bonchev–Trinajstić information content (AvgIpc) is 2.15. The first-order valence-electron chi connectivity index (χ1n) is 4.90.